The molecule has 0 aliphatic carbocycles. The number of ether oxygens (including phenoxy) is 4. The van der Waals surface area contributed by atoms with Gasteiger partial charge in [0.2, 0.25) is 5.91 Å². The first-order valence-corrected chi connectivity index (χ1v) is 40.2. The molecule has 10 heterocycles. The Kier molecular flexibility index (Phi) is 30.0. The Balaban J connectivity index is 0.000000149. The first kappa shape index (κ1) is 87.7. The van der Waals surface area contributed by atoms with E-state index >= 15 is 4.39 Å². The van der Waals surface area contributed by atoms with Gasteiger partial charge in [0.15, 0.2) is 23.1 Å². The molecule has 11 amide bonds. The van der Waals surface area contributed by atoms with Crippen molar-refractivity contribution in [2.75, 3.05) is 77.7 Å². The number of hydrogen-bond acceptors (Lipinski definition) is 19. The fourth-order valence-electron chi connectivity index (χ4n) is 11.7. The van der Waals surface area contributed by atoms with Crippen LogP contribution in [-0.4, -0.2) is 151 Å². The number of halogens is 10. The van der Waals surface area contributed by atoms with Crippen molar-refractivity contribution in [1.82, 2.24) is 49.1 Å². The number of imide groups is 3. The van der Waals surface area contributed by atoms with E-state index in [1.807, 2.05) is 162 Å². The number of thiophene rings is 2. The number of carbonyl (C=O) groups excluding carboxylic acids is 8. The molecule has 0 atom stereocenters. The number of fused-ring (bicyclic) bond motifs is 2. The summed E-state index contributed by atoms with van der Waals surface area (Å²) >= 11 is 43.8. The molecule has 0 bridgehead atoms. The van der Waals surface area contributed by atoms with Crippen LogP contribution in [0.2, 0.25) is 0 Å². The van der Waals surface area contributed by atoms with E-state index in [9.17, 15) is 42.7 Å². The summed E-state index contributed by atoms with van der Waals surface area (Å²) in [6, 6.07) is 52.3. The van der Waals surface area contributed by atoms with Gasteiger partial charge in [0.25, 0.3) is 0 Å². The number of pyridine rings is 2. The number of nitrogens with zero attached hydrogens (tertiary/aromatic N) is 13. The third-order valence-electron chi connectivity index (χ3n) is 17.3. The molecule has 4 fully saturated rings. The van der Waals surface area contributed by atoms with Gasteiger partial charge >= 0.3 is 49.0 Å². The third-order valence-corrected chi connectivity index (χ3v) is 20.5. The van der Waals surface area contributed by atoms with Crippen LogP contribution < -0.4 is 40.1 Å². The number of aromatic nitrogens is 6. The van der Waals surface area contributed by atoms with Crippen molar-refractivity contribution in [3.05, 3.63) is 237 Å². The van der Waals surface area contributed by atoms with E-state index in [4.69, 9.17) is 108 Å². The average molecular weight is 1800 g/mol. The van der Waals surface area contributed by atoms with E-state index in [2.05, 4.69) is 41.7 Å². The first-order chi connectivity index (χ1) is 56.5. The summed E-state index contributed by atoms with van der Waals surface area (Å²) < 4.78 is 50.0. The second kappa shape index (κ2) is 40.4. The van der Waals surface area contributed by atoms with E-state index in [0.29, 0.717) is 55.5 Å². The van der Waals surface area contributed by atoms with E-state index in [1.165, 1.54) is 61.6 Å². The quantitative estimate of drug-likeness (QED) is 0.0336. The van der Waals surface area contributed by atoms with Gasteiger partial charge in [-0.2, -0.15) is 0 Å². The lowest BCUT2D eigenvalue weighted by atomic mass is 10.1. The number of para-hydroxylation sites is 4. The third kappa shape index (κ3) is 23.4. The van der Waals surface area contributed by atoms with Gasteiger partial charge in [0, 0.05) is 137 Å². The van der Waals surface area contributed by atoms with E-state index in [-0.39, 0.29) is 54.5 Å². The molecule has 4 aliphatic rings. The van der Waals surface area contributed by atoms with Crippen molar-refractivity contribution in [3.63, 3.8) is 0 Å². The number of amides is 11. The van der Waals surface area contributed by atoms with E-state index < -0.39 is 36.5 Å². The van der Waals surface area contributed by atoms with Crippen molar-refractivity contribution < 1.29 is 66.1 Å². The standard InChI is InChI=1S/C29H24FN5O3S.C18H15FN4OS.2C10H9ClN2O2.C9H10N2O.C3Cl6O3/c1-2-33-17-23(32-18-33)26-16-22-28(39-26)25(10-11-31-22)38-24-9-8-19(14-21(24)30)15-27(36)35-13-12-34(29(35)37)20-6-4-3-5-7-20;1-2-23-9-14(22-10-23)17-8-13-18(25-17)16(5-6-21-13)24-15-4-3-11(20)7-12(15)19;2*11-9(14)13-7-6-12(10(13)15)8-4-2-1-3-5-8;12-9-10-6-7-11(9)8-4-2-1-3-5-8;4-2(5,6)11-1(10)12-3(7,8)9/h3-11,14,16-18H,2,12-13,15H2,1H3;3-10H,2,20H2,1H3;2*1-5H,6-7H2;1-5H,6-7H2,(H,10,12);. The van der Waals surface area contributed by atoms with Gasteiger partial charge in [-0.25, -0.2) is 52.5 Å². The van der Waals surface area contributed by atoms with Crippen LogP contribution in [0.4, 0.5) is 70.8 Å². The molecule has 0 spiro atoms. The van der Waals surface area contributed by atoms with Crippen molar-refractivity contribution in [2.24, 2.45) is 0 Å². The highest BCUT2D eigenvalue weighted by Gasteiger charge is 2.37. The van der Waals surface area contributed by atoms with Crippen LogP contribution in [0.5, 0.6) is 23.0 Å². The fourth-order valence-corrected chi connectivity index (χ4v) is 14.4. The summed E-state index contributed by atoms with van der Waals surface area (Å²) in [5.74, 6) is -0.259. The van der Waals surface area contributed by atoms with Crippen molar-refractivity contribution in [3.8, 4) is 44.1 Å². The molecule has 6 aromatic heterocycles. The molecule has 4 saturated heterocycles. The summed E-state index contributed by atoms with van der Waals surface area (Å²) in [5.41, 5.74) is 12.9. The zero-order valence-electron chi connectivity index (χ0n) is 61.9. The first-order valence-electron chi connectivity index (χ1n) is 35.5. The van der Waals surface area contributed by atoms with Crippen LogP contribution in [0.3, 0.4) is 0 Å². The largest absolute Gasteiger partial charge is 0.515 e. The number of urea groups is 4. The molecule has 3 N–H and O–H groups in total. The van der Waals surface area contributed by atoms with Gasteiger partial charge in [-0.1, -0.05) is 78.9 Å². The highest BCUT2D eigenvalue weighted by Crippen LogP contribution is 2.42. The number of alkyl halides is 6. The zero-order valence-corrected chi connectivity index (χ0v) is 69.6. The molecular formula is C79H67Cl8F2N15O12S2. The van der Waals surface area contributed by atoms with Gasteiger partial charge in [0.1, 0.15) is 11.5 Å². The number of nitrogens with two attached hydrogens (primary N) is 1. The molecule has 4 aliphatic heterocycles. The fraction of sp³-hybridized carbons (Fsp3) is 0.190. The van der Waals surface area contributed by atoms with Crippen LogP contribution >= 0.6 is 115 Å². The number of benzene rings is 6. The highest BCUT2D eigenvalue weighted by molar-refractivity contribution is 7.23. The molecule has 39 heteroatoms. The van der Waals surface area contributed by atoms with Crippen molar-refractivity contribution in [1.29, 1.82) is 0 Å². The second-order valence-electron chi connectivity index (χ2n) is 25.0. The number of nitrogens with one attached hydrogen (secondary N) is 1. The van der Waals surface area contributed by atoms with Crippen LogP contribution in [0.25, 0.3) is 41.6 Å². The SMILES string of the molecule is CCn1cnc(-c2cc3nccc(Oc4ccc(CC(=O)N5CCN(c6ccccc6)C5=O)cc4F)c3s2)c1.CCn1cnc(-c2cc3nccc(Oc4ccc(N)cc4F)c3s2)c1.O=C(Cl)N1CCN(c2ccccc2)C1=O.O=C(Cl)N1CCN(c2ccccc2)C1=O.O=C(OC(Cl)(Cl)Cl)OC(Cl)(Cl)Cl.O=C1NCCN1c1ccccc1. The number of aryl methyl sites for hydroxylation is 2. The lowest BCUT2D eigenvalue weighted by Gasteiger charge is -2.17. The lowest BCUT2D eigenvalue weighted by molar-refractivity contribution is -0.126. The van der Waals surface area contributed by atoms with Gasteiger partial charge in [-0.3, -0.25) is 48.9 Å². The van der Waals surface area contributed by atoms with Crippen LogP contribution in [0.1, 0.15) is 19.4 Å². The van der Waals surface area contributed by atoms with Crippen LogP contribution in [0.15, 0.2) is 219 Å². The molecule has 0 radical (unpaired) electrons. The molecule has 16 rings (SSSR count). The number of nitrogen functional groups attached to an aromatic ring is 1. The topological polar surface area (TPSA) is 296 Å². The Hall–Kier alpha value is -11.1. The van der Waals surface area contributed by atoms with Gasteiger partial charge in [-0.15, -0.1) is 22.7 Å². The summed E-state index contributed by atoms with van der Waals surface area (Å²) in [6.07, 6.45) is 9.31. The normalized spacial score (nSPS) is 13.8. The van der Waals surface area contributed by atoms with E-state index in [0.717, 1.165) is 100 Å². The molecule has 612 valence electrons. The summed E-state index contributed by atoms with van der Waals surface area (Å²) in [5, 5.41) is 1.31. The highest BCUT2D eigenvalue weighted by atomic mass is 35.6. The lowest BCUT2D eigenvalue weighted by Crippen LogP contribution is -2.37. The predicted octanol–water partition coefficient (Wildman–Crippen LogP) is 20.4. The monoisotopic (exact) mass is 1800 g/mol. The molecular weight excluding hydrogens is 1740 g/mol. The zero-order chi connectivity index (χ0) is 84.4. The maximum absolute atomic E-state index is 15.1. The number of carbonyl (C=O) groups is 8. The summed E-state index contributed by atoms with van der Waals surface area (Å²) in [7, 11) is 0. The minimum atomic E-state index is -2.24. The Morgan fingerprint density at radius 2 is 0.864 bits per heavy atom. The average Bonchev–Trinajstić information content (AvgIpc) is 1.66. The molecule has 12 aromatic rings. The molecule has 118 heavy (non-hydrogen) atoms. The minimum Gasteiger partial charge on any atom is -0.453 e. The second-order valence-corrected chi connectivity index (χ2v) is 32.1. The maximum Gasteiger partial charge on any atom is 0.515 e. The van der Waals surface area contributed by atoms with E-state index in [1.54, 1.807) is 59.1 Å². The smallest absolute Gasteiger partial charge is 0.453 e. The van der Waals surface area contributed by atoms with Crippen LogP contribution in [0, 0.1) is 11.6 Å². The number of imidazole rings is 2. The maximum atomic E-state index is 15.1. The van der Waals surface area contributed by atoms with Gasteiger partial charge in [0.05, 0.1) is 60.7 Å². The van der Waals surface area contributed by atoms with Crippen molar-refractivity contribution >= 4 is 211 Å². The number of rotatable bonds is 14. The Morgan fingerprint density at radius 1 is 0.475 bits per heavy atom. The minimum absolute atomic E-state index is 0.00111. The predicted molar refractivity (Wildman–Crippen MR) is 455 cm³/mol. The number of hydrogen-bond donors (Lipinski definition) is 2. The summed E-state index contributed by atoms with van der Waals surface area (Å²) in [6.45, 7) is 9.67. The Bertz CT molecular complexity index is 5470. The molecule has 27 nitrogen and oxygen atoms in total. The summed E-state index contributed by atoms with van der Waals surface area (Å²) in [4.78, 5) is 122. The van der Waals surface area contributed by atoms with Crippen molar-refractivity contribution in [2.45, 2.75) is 41.3 Å². The van der Waals surface area contributed by atoms with Gasteiger partial charge < -0.3 is 39.1 Å². The molecule has 0 saturated carbocycles. The van der Waals surface area contributed by atoms with Crippen LogP contribution in [-0.2, 0) is 33.8 Å². The Morgan fingerprint density at radius 3 is 1.22 bits per heavy atom. The number of anilines is 5. The molecule has 6 aromatic carbocycles. The van der Waals surface area contributed by atoms with Gasteiger partial charge in [-0.05, 0) is 197 Å². The molecule has 0 unspecified atom stereocenters. The Labute approximate surface area is 720 Å².